The minimum absolute atomic E-state index is 0.111. The zero-order valence-electron chi connectivity index (χ0n) is 20.6. The molecule has 4 bridgehead atoms. The van der Waals surface area contributed by atoms with E-state index in [4.69, 9.17) is 5.41 Å². The predicted molar refractivity (Wildman–Crippen MR) is 140 cm³/mol. The fourth-order valence-corrected chi connectivity index (χ4v) is 8.78. The van der Waals surface area contributed by atoms with Gasteiger partial charge in [0.1, 0.15) is 5.71 Å². The number of benzene rings is 1. The molecule has 5 aliphatic rings. The molecule has 7 rings (SSSR count). The van der Waals surface area contributed by atoms with E-state index in [0.29, 0.717) is 36.2 Å². The lowest BCUT2D eigenvalue weighted by Crippen LogP contribution is -2.48. The molecule has 1 aliphatic heterocycles. The molecule has 4 fully saturated rings. The first kappa shape index (κ1) is 23.6. The second-order valence-corrected chi connectivity index (χ2v) is 12.6. The van der Waals surface area contributed by atoms with Crippen LogP contribution in [-0.4, -0.2) is 41.4 Å². The number of hydrogen-bond acceptors (Lipinski definition) is 5. The Morgan fingerprint density at radius 2 is 1.67 bits per heavy atom. The molecule has 0 spiro atoms. The van der Waals surface area contributed by atoms with Crippen molar-refractivity contribution in [1.29, 1.82) is 5.41 Å². The highest BCUT2D eigenvalue weighted by Gasteiger charge is 2.51. The summed E-state index contributed by atoms with van der Waals surface area (Å²) in [5, 5.41) is 11.4. The number of carbonyl (C=O) groups is 3. The number of amides is 3. The van der Waals surface area contributed by atoms with Gasteiger partial charge in [0.05, 0.1) is 10.4 Å². The number of nitrogens with one attached hydrogen (secondary N) is 2. The van der Waals surface area contributed by atoms with Crippen molar-refractivity contribution in [1.82, 2.24) is 10.2 Å². The molecule has 188 valence electrons. The molecule has 1 aromatic carbocycles. The number of thiophene rings is 1. The Balaban J connectivity index is 1.00. The first-order valence-electron chi connectivity index (χ1n) is 13.3. The topological polar surface area (TPSA) is 90.3 Å². The Morgan fingerprint density at radius 1 is 1.00 bits per heavy atom. The molecule has 36 heavy (non-hydrogen) atoms. The normalized spacial score (nSPS) is 28.5. The number of imide groups is 1. The first-order chi connectivity index (χ1) is 17.4. The van der Waals surface area contributed by atoms with Crippen LogP contribution in [0.2, 0.25) is 0 Å². The third-order valence-corrected chi connectivity index (χ3v) is 9.98. The average molecular weight is 504 g/mol. The van der Waals surface area contributed by atoms with Crippen LogP contribution in [0.25, 0.3) is 10.4 Å². The lowest BCUT2D eigenvalue weighted by molar-refractivity contribution is -0.129. The van der Waals surface area contributed by atoms with E-state index in [1.54, 1.807) is 6.07 Å². The van der Waals surface area contributed by atoms with Gasteiger partial charge in [0.15, 0.2) is 0 Å². The molecule has 6 nitrogen and oxygen atoms in total. The fraction of sp³-hybridized carbons (Fsp3) is 0.517. The highest BCUT2D eigenvalue weighted by atomic mass is 32.1. The number of nitrogens with zero attached hydrogens (tertiary/aromatic N) is 1. The van der Waals surface area contributed by atoms with Crippen LogP contribution in [0, 0.1) is 28.6 Å². The molecule has 7 heteroatoms. The van der Waals surface area contributed by atoms with Gasteiger partial charge < -0.3 is 5.32 Å². The van der Waals surface area contributed by atoms with Crippen molar-refractivity contribution in [3.05, 3.63) is 46.8 Å². The van der Waals surface area contributed by atoms with Gasteiger partial charge in [-0.15, -0.1) is 11.3 Å². The number of fused-ring (bicyclic) bond motifs is 1. The van der Waals surface area contributed by atoms with Gasteiger partial charge in [-0.25, -0.2) is 0 Å². The van der Waals surface area contributed by atoms with Gasteiger partial charge in [0.2, 0.25) is 5.91 Å². The minimum atomic E-state index is -0.528. The highest BCUT2D eigenvalue weighted by molar-refractivity contribution is 7.18. The predicted octanol–water partition coefficient (Wildman–Crippen LogP) is 5.27. The second-order valence-electron chi connectivity index (χ2n) is 11.5. The van der Waals surface area contributed by atoms with E-state index in [1.165, 1.54) is 54.8 Å². The van der Waals surface area contributed by atoms with E-state index in [2.05, 4.69) is 5.32 Å². The fourth-order valence-electron chi connectivity index (χ4n) is 7.69. The summed E-state index contributed by atoms with van der Waals surface area (Å²) in [6.45, 7) is 0.821. The number of rotatable bonds is 8. The lowest BCUT2D eigenvalue weighted by atomic mass is 9.49. The monoisotopic (exact) mass is 503 g/mol. The van der Waals surface area contributed by atoms with Crippen molar-refractivity contribution >= 4 is 34.8 Å². The third-order valence-electron chi connectivity index (χ3n) is 8.78. The smallest absolute Gasteiger partial charge is 0.280 e. The second kappa shape index (κ2) is 9.25. The number of unbranched alkanes of at least 4 members (excludes halogenated alkanes) is 1. The molecule has 0 atom stereocenters. The zero-order chi connectivity index (χ0) is 24.9. The van der Waals surface area contributed by atoms with Crippen LogP contribution < -0.4 is 5.32 Å². The minimum Gasteiger partial charge on any atom is -0.356 e. The number of hydrogen-bond donors (Lipinski definition) is 2. The average Bonchev–Trinajstić information content (AvgIpc) is 3.30. The first-order valence-corrected chi connectivity index (χ1v) is 14.1. The van der Waals surface area contributed by atoms with Crippen LogP contribution >= 0.6 is 11.3 Å². The van der Waals surface area contributed by atoms with Crippen LogP contribution in [0.15, 0.2) is 36.4 Å². The van der Waals surface area contributed by atoms with Gasteiger partial charge in [-0.2, -0.15) is 0 Å². The summed E-state index contributed by atoms with van der Waals surface area (Å²) in [4.78, 5) is 41.1. The van der Waals surface area contributed by atoms with Gasteiger partial charge in [0, 0.05) is 24.4 Å². The molecule has 2 N–H and O–H groups in total. The largest absolute Gasteiger partial charge is 0.356 e. The zero-order valence-corrected chi connectivity index (χ0v) is 21.4. The summed E-state index contributed by atoms with van der Waals surface area (Å²) < 4.78 is 0. The van der Waals surface area contributed by atoms with Crippen molar-refractivity contribution in [2.75, 3.05) is 13.1 Å². The van der Waals surface area contributed by atoms with Crippen molar-refractivity contribution < 1.29 is 14.4 Å². The Labute approximate surface area is 216 Å². The van der Waals surface area contributed by atoms with Crippen LogP contribution in [0.3, 0.4) is 0 Å². The van der Waals surface area contributed by atoms with Gasteiger partial charge >= 0.3 is 0 Å². The summed E-state index contributed by atoms with van der Waals surface area (Å²) in [5.41, 5.74) is 1.54. The summed E-state index contributed by atoms with van der Waals surface area (Å²) in [6.07, 6.45) is 9.79. The van der Waals surface area contributed by atoms with Crippen LogP contribution in [-0.2, 0) is 9.59 Å². The van der Waals surface area contributed by atoms with Crippen LogP contribution in [0.5, 0.6) is 0 Å². The summed E-state index contributed by atoms with van der Waals surface area (Å²) in [5.74, 6) is 1.83. The molecule has 3 amide bonds. The highest BCUT2D eigenvalue weighted by Crippen LogP contribution is 2.61. The summed E-state index contributed by atoms with van der Waals surface area (Å²) in [6, 6.07) is 11.5. The Bertz CT molecular complexity index is 1180. The lowest BCUT2D eigenvalue weighted by Gasteiger charge is -2.56. The molecule has 2 aromatic rings. The Kier molecular flexibility index (Phi) is 6.06. The van der Waals surface area contributed by atoms with Crippen molar-refractivity contribution in [2.24, 2.45) is 23.2 Å². The Morgan fingerprint density at radius 3 is 2.33 bits per heavy atom. The van der Waals surface area contributed by atoms with Gasteiger partial charge in [0.25, 0.3) is 11.8 Å². The van der Waals surface area contributed by atoms with E-state index in [0.717, 1.165) is 28.2 Å². The van der Waals surface area contributed by atoms with Crippen molar-refractivity contribution in [3.8, 4) is 10.4 Å². The molecule has 0 unspecified atom stereocenters. The van der Waals surface area contributed by atoms with Crippen LogP contribution in [0.1, 0.15) is 73.0 Å². The maximum Gasteiger partial charge on any atom is 0.280 e. The van der Waals surface area contributed by atoms with Gasteiger partial charge in [-0.05, 0) is 86.2 Å². The molecule has 4 aliphatic carbocycles. The summed E-state index contributed by atoms with van der Waals surface area (Å²) in [7, 11) is 0. The standard InChI is InChI=1S/C29H33N3O3S/c30-25-26-22(13-23(36-26)21-6-2-1-3-7-21)27(34)32(28(25)35)9-5-4-8-31-24(33)17-29-14-18-10-19(15-29)12-20(11-18)16-29/h1-3,6-7,13,18-20,30H,4-5,8-12,14-17H2,(H,31,33). The maximum atomic E-state index is 13.1. The molecule has 2 heterocycles. The van der Waals surface area contributed by atoms with E-state index in [1.807, 2.05) is 30.3 Å². The molecule has 0 saturated heterocycles. The van der Waals surface area contributed by atoms with E-state index < -0.39 is 5.91 Å². The quantitative estimate of drug-likeness (QED) is 0.380. The van der Waals surface area contributed by atoms with Gasteiger partial charge in [-0.3, -0.25) is 24.7 Å². The maximum absolute atomic E-state index is 13.1. The molecule has 0 radical (unpaired) electrons. The molecule has 4 saturated carbocycles. The Hall–Kier alpha value is -2.80. The molecular weight excluding hydrogens is 470 g/mol. The van der Waals surface area contributed by atoms with Crippen molar-refractivity contribution in [2.45, 2.75) is 57.8 Å². The third kappa shape index (κ3) is 4.32. The van der Waals surface area contributed by atoms with E-state index in [-0.39, 0.29) is 29.5 Å². The van der Waals surface area contributed by atoms with E-state index in [9.17, 15) is 14.4 Å². The van der Waals surface area contributed by atoms with Crippen LogP contribution in [0.4, 0.5) is 0 Å². The SMILES string of the molecule is N=C1C(=O)N(CCCCNC(=O)CC23CC4CC(CC(C4)C2)C3)C(=O)c2cc(-c3ccccc3)sc21. The van der Waals surface area contributed by atoms with Crippen molar-refractivity contribution in [3.63, 3.8) is 0 Å². The summed E-state index contributed by atoms with van der Waals surface area (Å²) >= 11 is 1.32. The van der Waals surface area contributed by atoms with E-state index >= 15 is 0 Å². The number of carbonyl (C=O) groups excluding carboxylic acids is 3. The molecular formula is C29H33N3O3S. The van der Waals surface area contributed by atoms with Gasteiger partial charge in [-0.1, -0.05) is 30.3 Å². The molecule has 1 aromatic heterocycles.